The molecule has 0 aliphatic rings. The van der Waals surface area contributed by atoms with Gasteiger partial charge in [0.15, 0.2) is 0 Å². The van der Waals surface area contributed by atoms with E-state index in [4.69, 9.17) is 0 Å². The summed E-state index contributed by atoms with van der Waals surface area (Å²) in [5.74, 6) is -2.03. The van der Waals surface area contributed by atoms with Crippen LogP contribution in [-0.2, 0) is 15.0 Å². The van der Waals surface area contributed by atoms with Crippen molar-refractivity contribution >= 4 is 17.6 Å². The highest BCUT2D eigenvalue weighted by atomic mass is 19.1. The highest BCUT2D eigenvalue weighted by molar-refractivity contribution is 5.96. The first-order valence-corrected chi connectivity index (χ1v) is 7.18. The van der Waals surface area contributed by atoms with Gasteiger partial charge in [-0.2, -0.15) is 0 Å². The molecule has 2 N–H and O–H groups in total. The van der Waals surface area contributed by atoms with Crippen molar-refractivity contribution in [3.8, 4) is 0 Å². The lowest BCUT2D eigenvalue weighted by Crippen LogP contribution is -2.36. The minimum Gasteiger partial charge on any atom is -0.481 e. The number of aliphatic carboxylic acids is 1. The molecule has 0 heterocycles. The van der Waals surface area contributed by atoms with Crippen molar-refractivity contribution in [2.75, 3.05) is 5.32 Å². The number of hydrogen-bond acceptors (Lipinski definition) is 2. The zero-order valence-corrected chi connectivity index (χ0v) is 13.0. The van der Waals surface area contributed by atoms with Crippen LogP contribution in [0.25, 0.3) is 0 Å². The lowest BCUT2D eigenvalue weighted by atomic mass is 9.79. The number of anilines is 1. The monoisotopic (exact) mass is 315 g/mol. The second kappa shape index (κ2) is 6.60. The average molecular weight is 315 g/mol. The lowest BCUT2D eigenvalue weighted by molar-refractivity contribution is -0.145. The number of carbonyl (C=O) groups excluding carboxylic acids is 1. The summed E-state index contributed by atoms with van der Waals surface area (Å²) in [6.07, 6.45) is -0.248. The van der Waals surface area contributed by atoms with E-state index in [2.05, 4.69) is 5.32 Å². The number of carbonyl (C=O) groups is 2. The van der Waals surface area contributed by atoms with E-state index in [-0.39, 0.29) is 6.42 Å². The number of rotatable bonds is 5. The van der Waals surface area contributed by atoms with Gasteiger partial charge in [-0.05, 0) is 37.1 Å². The average Bonchev–Trinajstić information content (AvgIpc) is 2.51. The molecule has 2 aromatic rings. The van der Waals surface area contributed by atoms with Crippen molar-refractivity contribution in [3.63, 3.8) is 0 Å². The van der Waals surface area contributed by atoms with E-state index >= 15 is 0 Å². The van der Waals surface area contributed by atoms with Crippen LogP contribution in [0.2, 0.25) is 0 Å². The second-order valence-electron chi connectivity index (χ2n) is 5.69. The minimum atomic E-state index is -1.35. The molecule has 5 heteroatoms. The Kier molecular flexibility index (Phi) is 4.79. The van der Waals surface area contributed by atoms with Gasteiger partial charge in [-0.3, -0.25) is 9.59 Å². The molecule has 23 heavy (non-hydrogen) atoms. The van der Waals surface area contributed by atoms with Gasteiger partial charge in [-0.25, -0.2) is 4.39 Å². The predicted octanol–water partition coefficient (Wildman–Crippen LogP) is 3.51. The quantitative estimate of drug-likeness (QED) is 0.887. The fourth-order valence-corrected chi connectivity index (χ4v) is 2.35. The third-order valence-corrected chi connectivity index (χ3v) is 3.87. The zero-order valence-electron chi connectivity index (χ0n) is 13.0. The fraction of sp³-hybridized carbons (Fsp3) is 0.222. The number of carboxylic acid groups (broad SMARTS) is 1. The van der Waals surface area contributed by atoms with Gasteiger partial charge in [0.1, 0.15) is 5.82 Å². The zero-order chi connectivity index (χ0) is 17.0. The number of benzene rings is 2. The van der Waals surface area contributed by atoms with Gasteiger partial charge in [0, 0.05) is 12.1 Å². The maximum atomic E-state index is 13.3. The first-order chi connectivity index (χ1) is 10.8. The van der Waals surface area contributed by atoms with Crippen LogP contribution in [0.4, 0.5) is 10.1 Å². The molecule has 0 radical (unpaired) electrons. The maximum absolute atomic E-state index is 13.3. The largest absolute Gasteiger partial charge is 0.481 e. The van der Waals surface area contributed by atoms with E-state index in [0.717, 1.165) is 0 Å². The van der Waals surface area contributed by atoms with E-state index in [1.807, 2.05) is 0 Å². The highest BCUT2D eigenvalue weighted by Gasteiger charge is 2.37. The number of hydrogen-bond donors (Lipinski definition) is 2. The van der Waals surface area contributed by atoms with Crippen molar-refractivity contribution in [2.45, 2.75) is 25.7 Å². The van der Waals surface area contributed by atoms with Gasteiger partial charge in [-0.1, -0.05) is 36.4 Å². The summed E-state index contributed by atoms with van der Waals surface area (Å²) in [5, 5.41) is 12.1. The van der Waals surface area contributed by atoms with Crippen LogP contribution in [0.15, 0.2) is 48.5 Å². The summed E-state index contributed by atoms with van der Waals surface area (Å²) >= 11 is 0. The summed E-state index contributed by atoms with van der Waals surface area (Å²) in [6, 6.07) is 12.7. The second-order valence-corrected chi connectivity index (χ2v) is 5.69. The Balaban J connectivity index is 2.22. The van der Waals surface area contributed by atoms with E-state index < -0.39 is 23.1 Å². The van der Waals surface area contributed by atoms with Crippen LogP contribution in [0.1, 0.15) is 24.5 Å². The molecule has 0 saturated carbocycles. The topological polar surface area (TPSA) is 66.4 Å². The van der Waals surface area contributed by atoms with Crippen LogP contribution >= 0.6 is 0 Å². The summed E-state index contributed by atoms with van der Waals surface area (Å²) in [5.41, 5.74) is 0.234. The molecule has 2 rings (SSSR count). The molecule has 2 aromatic carbocycles. The maximum Gasteiger partial charge on any atom is 0.314 e. The van der Waals surface area contributed by atoms with E-state index in [1.165, 1.54) is 19.1 Å². The van der Waals surface area contributed by atoms with Gasteiger partial charge < -0.3 is 10.4 Å². The molecule has 4 nitrogen and oxygen atoms in total. The third-order valence-electron chi connectivity index (χ3n) is 3.87. The van der Waals surface area contributed by atoms with Gasteiger partial charge in [-0.15, -0.1) is 0 Å². The van der Waals surface area contributed by atoms with Gasteiger partial charge in [0.05, 0.1) is 5.41 Å². The number of nitrogens with one attached hydrogen (secondary N) is 1. The summed E-state index contributed by atoms with van der Waals surface area (Å²) in [6.45, 7) is 3.24. The smallest absolute Gasteiger partial charge is 0.314 e. The van der Waals surface area contributed by atoms with Crippen LogP contribution in [0, 0.1) is 12.7 Å². The molecular formula is C18H18FNO3. The Morgan fingerprint density at radius 2 is 1.83 bits per heavy atom. The molecule has 0 fully saturated rings. The Labute approximate surface area is 134 Å². The van der Waals surface area contributed by atoms with Crippen LogP contribution < -0.4 is 5.32 Å². The summed E-state index contributed by atoms with van der Waals surface area (Å²) < 4.78 is 13.3. The van der Waals surface area contributed by atoms with Crippen LogP contribution in [0.3, 0.4) is 0 Å². The van der Waals surface area contributed by atoms with E-state index in [9.17, 15) is 19.1 Å². The normalized spacial score (nSPS) is 13.2. The number of halogens is 1. The molecule has 0 aromatic heterocycles. The highest BCUT2D eigenvalue weighted by Crippen LogP contribution is 2.29. The summed E-state index contributed by atoms with van der Waals surface area (Å²) in [7, 11) is 0. The van der Waals surface area contributed by atoms with Crippen LogP contribution in [-0.4, -0.2) is 17.0 Å². The molecule has 0 saturated heterocycles. The van der Waals surface area contributed by atoms with Crippen molar-refractivity contribution in [2.24, 2.45) is 0 Å². The molecule has 0 unspecified atom stereocenters. The Morgan fingerprint density at radius 1 is 1.17 bits per heavy atom. The van der Waals surface area contributed by atoms with Gasteiger partial charge in [0.2, 0.25) is 5.91 Å². The SMILES string of the molecule is Cc1ccc(F)cc1NC(=O)C[C@@](C)(C(=O)O)c1ccccc1. The van der Waals surface area contributed by atoms with Crippen molar-refractivity contribution in [3.05, 3.63) is 65.5 Å². The molecular weight excluding hydrogens is 297 g/mol. The van der Waals surface area contributed by atoms with Gasteiger partial charge >= 0.3 is 5.97 Å². The molecule has 0 bridgehead atoms. The lowest BCUT2D eigenvalue weighted by Gasteiger charge is -2.25. The minimum absolute atomic E-state index is 0.248. The number of aryl methyl sites for hydroxylation is 1. The molecule has 120 valence electrons. The Bertz CT molecular complexity index is 730. The van der Waals surface area contributed by atoms with Crippen molar-refractivity contribution in [1.82, 2.24) is 0 Å². The molecule has 0 spiro atoms. The van der Waals surface area contributed by atoms with Crippen molar-refractivity contribution in [1.29, 1.82) is 0 Å². The molecule has 0 aliphatic heterocycles. The Morgan fingerprint density at radius 3 is 2.43 bits per heavy atom. The first kappa shape index (κ1) is 16.7. The van der Waals surface area contributed by atoms with E-state index in [1.54, 1.807) is 43.3 Å². The predicted molar refractivity (Wildman–Crippen MR) is 85.8 cm³/mol. The molecule has 1 amide bonds. The standard InChI is InChI=1S/C18H18FNO3/c1-12-8-9-14(19)10-15(12)20-16(21)11-18(2,17(22)23)13-6-4-3-5-7-13/h3-10H,11H2,1-2H3,(H,20,21)(H,22,23)/t18-/m1/s1. The Hall–Kier alpha value is -2.69. The summed E-state index contributed by atoms with van der Waals surface area (Å²) in [4.78, 5) is 24.0. The molecule has 0 aliphatic carbocycles. The van der Waals surface area contributed by atoms with Crippen molar-refractivity contribution < 1.29 is 19.1 Å². The fourth-order valence-electron chi connectivity index (χ4n) is 2.35. The third kappa shape index (κ3) is 3.74. The van der Waals surface area contributed by atoms with E-state index in [0.29, 0.717) is 16.8 Å². The molecule has 1 atom stereocenters. The van der Waals surface area contributed by atoms with Crippen LogP contribution in [0.5, 0.6) is 0 Å². The van der Waals surface area contributed by atoms with Gasteiger partial charge in [0.25, 0.3) is 0 Å². The first-order valence-electron chi connectivity index (χ1n) is 7.18. The number of carboxylic acids is 1. The number of amides is 1.